The van der Waals surface area contributed by atoms with Gasteiger partial charge in [-0.3, -0.25) is 4.72 Å². The first-order chi connectivity index (χ1) is 11.7. The second kappa shape index (κ2) is 5.90. The first-order valence-electron chi connectivity index (χ1n) is 7.63. The Bertz CT molecular complexity index is 1070. The second-order valence-electron chi connectivity index (χ2n) is 6.69. The predicted molar refractivity (Wildman–Crippen MR) is 94.7 cm³/mol. The molecule has 0 unspecified atom stereocenters. The smallest absolute Gasteiger partial charge is 0.261 e. The molecule has 1 N–H and O–H groups in total. The average Bonchev–Trinajstić information content (AvgIpc) is 2.98. The van der Waals surface area contributed by atoms with Crippen LogP contribution in [-0.4, -0.2) is 13.4 Å². The third-order valence-corrected chi connectivity index (χ3v) is 4.97. The number of hydrogen-bond acceptors (Lipinski definition) is 5. The van der Waals surface area contributed by atoms with Crippen LogP contribution in [0.1, 0.15) is 32.2 Å². The summed E-state index contributed by atoms with van der Waals surface area (Å²) in [7, 11) is -3.75. The number of nitrogens with one attached hydrogen (secondary N) is 1. The zero-order valence-corrected chi connectivity index (χ0v) is 14.9. The molecule has 0 saturated heterocycles. The van der Waals surface area contributed by atoms with Crippen molar-refractivity contribution in [1.82, 2.24) is 4.98 Å². The summed E-state index contributed by atoms with van der Waals surface area (Å²) in [6.07, 6.45) is 0. The van der Waals surface area contributed by atoms with E-state index in [1.165, 1.54) is 24.3 Å². The molecule has 0 atom stereocenters. The second-order valence-corrected chi connectivity index (χ2v) is 8.38. The lowest BCUT2D eigenvalue weighted by molar-refractivity contribution is 0.411. The molecule has 7 heteroatoms. The van der Waals surface area contributed by atoms with E-state index in [0.717, 1.165) is 0 Å². The molecule has 6 nitrogen and oxygen atoms in total. The Balaban J connectivity index is 1.92. The Labute approximate surface area is 146 Å². The van der Waals surface area contributed by atoms with Gasteiger partial charge >= 0.3 is 0 Å². The third-order valence-electron chi connectivity index (χ3n) is 3.58. The highest BCUT2D eigenvalue weighted by Gasteiger charge is 2.21. The summed E-state index contributed by atoms with van der Waals surface area (Å²) in [5.41, 5.74) is 1.75. The highest BCUT2D eigenvalue weighted by atomic mass is 32.2. The predicted octanol–water partition coefficient (Wildman–Crippen LogP) is 3.80. The number of hydrogen-bond donors (Lipinski definition) is 1. The highest BCUT2D eigenvalue weighted by Crippen LogP contribution is 2.28. The number of rotatable bonds is 3. The van der Waals surface area contributed by atoms with Crippen molar-refractivity contribution in [3.8, 4) is 6.07 Å². The van der Waals surface area contributed by atoms with E-state index in [0.29, 0.717) is 28.2 Å². The molecule has 0 aliphatic heterocycles. The van der Waals surface area contributed by atoms with Gasteiger partial charge in [-0.25, -0.2) is 13.4 Å². The van der Waals surface area contributed by atoms with Gasteiger partial charge in [0.05, 0.1) is 22.2 Å². The molecule has 0 fully saturated rings. The van der Waals surface area contributed by atoms with Gasteiger partial charge < -0.3 is 4.42 Å². The molecule has 1 aromatic heterocycles. The van der Waals surface area contributed by atoms with Gasteiger partial charge in [-0.2, -0.15) is 5.26 Å². The van der Waals surface area contributed by atoms with Gasteiger partial charge in [0.1, 0.15) is 5.52 Å². The molecule has 1 heterocycles. The van der Waals surface area contributed by atoms with Gasteiger partial charge in [-0.05, 0) is 42.5 Å². The Kier molecular flexibility index (Phi) is 4.01. The van der Waals surface area contributed by atoms with Crippen molar-refractivity contribution in [2.24, 2.45) is 0 Å². The van der Waals surface area contributed by atoms with Crippen molar-refractivity contribution < 1.29 is 12.8 Å². The number of benzene rings is 2. The van der Waals surface area contributed by atoms with Gasteiger partial charge in [0, 0.05) is 5.41 Å². The lowest BCUT2D eigenvalue weighted by Crippen LogP contribution is -2.12. The molecule has 3 aromatic rings. The molecule has 0 saturated carbocycles. The van der Waals surface area contributed by atoms with Gasteiger partial charge in [-0.15, -0.1) is 0 Å². The van der Waals surface area contributed by atoms with E-state index in [9.17, 15) is 8.42 Å². The lowest BCUT2D eigenvalue weighted by atomic mass is 9.97. The van der Waals surface area contributed by atoms with Crippen LogP contribution in [-0.2, 0) is 15.4 Å². The quantitative estimate of drug-likeness (QED) is 0.771. The van der Waals surface area contributed by atoms with Gasteiger partial charge in [0.2, 0.25) is 5.89 Å². The maximum Gasteiger partial charge on any atom is 0.261 e. The first kappa shape index (κ1) is 17.0. The van der Waals surface area contributed by atoms with Crippen LogP contribution in [0.25, 0.3) is 11.1 Å². The molecule has 25 heavy (non-hydrogen) atoms. The fraction of sp³-hybridized carbons (Fsp3) is 0.222. The third kappa shape index (κ3) is 3.49. The zero-order valence-electron chi connectivity index (χ0n) is 14.1. The van der Waals surface area contributed by atoms with Crippen molar-refractivity contribution in [3.05, 3.63) is 53.9 Å². The largest absolute Gasteiger partial charge is 0.440 e. The maximum atomic E-state index is 12.5. The molecule has 0 amide bonds. The number of sulfonamides is 1. The van der Waals surface area contributed by atoms with Crippen molar-refractivity contribution in [2.45, 2.75) is 31.1 Å². The molecular formula is C18H17N3O3S. The van der Waals surface area contributed by atoms with Crippen LogP contribution in [0.15, 0.2) is 51.8 Å². The monoisotopic (exact) mass is 355 g/mol. The first-order valence-corrected chi connectivity index (χ1v) is 9.11. The van der Waals surface area contributed by atoms with Gasteiger partial charge in [0.15, 0.2) is 5.58 Å². The Morgan fingerprint density at radius 1 is 1.12 bits per heavy atom. The van der Waals surface area contributed by atoms with Crippen molar-refractivity contribution >= 4 is 26.8 Å². The minimum atomic E-state index is -3.75. The van der Waals surface area contributed by atoms with E-state index in [2.05, 4.69) is 9.71 Å². The summed E-state index contributed by atoms with van der Waals surface area (Å²) < 4.78 is 33.2. The minimum absolute atomic E-state index is 0.0853. The number of aromatic nitrogens is 1. The minimum Gasteiger partial charge on any atom is -0.440 e. The number of anilines is 1. The molecule has 0 aliphatic carbocycles. The number of oxazole rings is 1. The summed E-state index contributed by atoms with van der Waals surface area (Å²) in [6.45, 7) is 5.98. The molecule has 0 bridgehead atoms. The molecule has 128 valence electrons. The van der Waals surface area contributed by atoms with E-state index in [1.54, 1.807) is 18.2 Å². The average molecular weight is 355 g/mol. The van der Waals surface area contributed by atoms with Crippen molar-refractivity contribution in [3.63, 3.8) is 0 Å². The van der Waals surface area contributed by atoms with E-state index in [4.69, 9.17) is 9.68 Å². The van der Waals surface area contributed by atoms with E-state index < -0.39 is 10.0 Å². The molecule has 3 rings (SSSR count). The van der Waals surface area contributed by atoms with E-state index in [-0.39, 0.29) is 10.3 Å². The molecule has 0 radical (unpaired) electrons. The summed E-state index contributed by atoms with van der Waals surface area (Å²) >= 11 is 0. The van der Waals surface area contributed by atoms with Crippen LogP contribution < -0.4 is 4.72 Å². The number of nitriles is 1. The van der Waals surface area contributed by atoms with Crippen LogP contribution in [0.3, 0.4) is 0 Å². The Hall–Kier alpha value is -2.85. The topological polar surface area (TPSA) is 96.0 Å². The molecule has 0 aliphatic rings. The summed E-state index contributed by atoms with van der Waals surface area (Å²) in [6, 6.07) is 12.6. The normalized spacial score (nSPS) is 12.1. The van der Waals surface area contributed by atoms with Crippen molar-refractivity contribution in [2.75, 3.05) is 4.72 Å². The Morgan fingerprint density at radius 3 is 2.40 bits per heavy atom. The Morgan fingerprint density at radius 2 is 1.80 bits per heavy atom. The highest BCUT2D eigenvalue weighted by molar-refractivity contribution is 7.92. The zero-order chi connectivity index (χ0) is 18.2. The van der Waals surface area contributed by atoms with Crippen LogP contribution in [0, 0.1) is 11.3 Å². The van der Waals surface area contributed by atoms with Crippen LogP contribution in [0.2, 0.25) is 0 Å². The lowest BCUT2D eigenvalue weighted by Gasteiger charge is -2.11. The number of fused-ring (bicyclic) bond motifs is 1. The van der Waals surface area contributed by atoms with E-state index >= 15 is 0 Å². The standard InChI is InChI=1S/C18H17N3O3S/c1-18(2,3)17-20-15-10-13(6-9-16(15)24-17)21-25(22,23)14-7-4-12(11-19)5-8-14/h4-10,21H,1-3H3. The maximum absolute atomic E-state index is 12.5. The summed E-state index contributed by atoms with van der Waals surface area (Å²) in [5, 5.41) is 8.80. The fourth-order valence-corrected chi connectivity index (χ4v) is 3.28. The fourth-order valence-electron chi connectivity index (χ4n) is 2.23. The molecule has 0 spiro atoms. The molecular weight excluding hydrogens is 338 g/mol. The van der Waals surface area contributed by atoms with Crippen LogP contribution in [0.5, 0.6) is 0 Å². The summed E-state index contributed by atoms with van der Waals surface area (Å²) in [4.78, 5) is 4.52. The van der Waals surface area contributed by atoms with E-state index in [1.807, 2.05) is 26.8 Å². The van der Waals surface area contributed by atoms with Crippen LogP contribution >= 0.6 is 0 Å². The SMILES string of the molecule is CC(C)(C)c1nc2cc(NS(=O)(=O)c3ccc(C#N)cc3)ccc2o1. The number of nitrogens with zero attached hydrogens (tertiary/aromatic N) is 2. The van der Waals surface area contributed by atoms with Gasteiger partial charge in [-0.1, -0.05) is 20.8 Å². The van der Waals surface area contributed by atoms with Crippen molar-refractivity contribution in [1.29, 1.82) is 5.26 Å². The molecule has 2 aromatic carbocycles. The van der Waals surface area contributed by atoms with Gasteiger partial charge in [0.25, 0.3) is 10.0 Å². The van der Waals surface area contributed by atoms with Crippen LogP contribution in [0.4, 0.5) is 5.69 Å². The summed E-state index contributed by atoms with van der Waals surface area (Å²) in [5.74, 6) is 0.592.